The predicted molar refractivity (Wildman–Crippen MR) is 93.8 cm³/mol. The molecule has 2 atom stereocenters. The van der Waals surface area contributed by atoms with Crippen molar-refractivity contribution in [3.63, 3.8) is 0 Å². The Morgan fingerprint density at radius 1 is 1.12 bits per heavy atom. The van der Waals surface area contributed by atoms with Crippen molar-refractivity contribution in [3.8, 4) is 0 Å². The van der Waals surface area contributed by atoms with Gasteiger partial charge in [0.15, 0.2) is 0 Å². The molecule has 1 aromatic carbocycles. The van der Waals surface area contributed by atoms with E-state index in [4.69, 9.17) is 13.9 Å². The van der Waals surface area contributed by atoms with E-state index < -0.39 is 0 Å². The Kier molecular flexibility index (Phi) is 16.7. The maximum absolute atomic E-state index is 12.3. The van der Waals surface area contributed by atoms with Crippen molar-refractivity contribution in [1.29, 1.82) is 0 Å². The lowest BCUT2D eigenvalue weighted by atomic mass is 9.73. The van der Waals surface area contributed by atoms with E-state index in [0.717, 1.165) is 18.4 Å². The van der Waals surface area contributed by atoms with Gasteiger partial charge in [0.05, 0.1) is 21.0 Å². The van der Waals surface area contributed by atoms with Gasteiger partial charge in [-0.1, -0.05) is 29.8 Å². The minimum Gasteiger partial charge on any atom is -0.466 e. The Balaban J connectivity index is 0. The molecule has 26 heavy (non-hydrogen) atoms. The number of esters is 1. The topological polar surface area (TPSA) is 43.4 Å². The number of alkyl halides is 2. The molecule has 1 aromatic rings. The van der Waals surface area contributed by atoms with Gasteiger partial charge in [-0.05, 0) is 38.2 Å². The summed E-state index contributed by atoms with van der Waals surface area (Å²) in [5, 5.41) is 0. The molecule has 0 aliphatic heterocycles. The summed E-state index contributed by atoms with van der Waals surface area (Å²) in [6.07, 6.45) is 2.77. The van der Waals surface area contributed by atoms with E-state index in [9.17, 15) is 18.4 Å². The summed E-state index contributed by atoms with van der Waals surface area (Å²) < 4.78 is 40.0. The Hall–Kier alpha value is -1.92. The first-order valence-electron chi connectivity index (χ1n) is 8.26. The number of carbonyl (C=O) groups excluding carboxylic acids is 2. The second-order valence-corrected chi connectivity index (χ2v) is 5.52. The van der Waals surface area contributed by atoms with Crippen molar-refractivity contribution in [1.82, 2.24) is 0 Å². The van der Waals surface area contributed by atoms with Crippen LogP contribution < -0.4 is 0 Å². The molecule has 2 rings (SSSR count). The van der Waals surface area contributed by atoms with Crippen LogP contribution in [0.5, 0.6) is 0 Å². The maximum Gasteiger partial charge on any atom is 0.306 e. The Morgan fingerprint density at radius 3 is 2.15 bits per heavy atom. The molecule has 150 valence electrons. The van der Waals surface area contributed by atoms with Gasteiger partial charge in [-0.2, -0.15) is 0 Å². The number of ketones is 1. The summed E-state index contributed by atoms with van der Waals surface area (Å²) in [4.78, 5) is 24.0. The molecular weight excluding hydrogens is 352 g/mol. The molecule has 3 nitrogen and oxygen atoms in total. The van der Waals surface area contributed by atoms with E-state index in [1.807, 2.05) is 31.2 Å². The fourth-order valence-corrected chi connectivity index (χ4v) is 3.01. The second kappa shape index (κ2) is 16.5. The first-order chi connectivity index (χ1) is 12.6. The molecule has 0 heterocycles. The summed E-state index contributed by atoms with van der Waals surface area (Å²) in [6, 6.07) is 8.08. The summed E-state index contributed by atoms with van der Waals surface area (Å²) in [5.74, 6) is 0.00507. The van der Waals surface area contributed by atoms with Crippen molar-refractivity contribution in [2.24, 2.45) is 5.92 Å². The molecule has 0 spiro atoms. The maximum atomic E-state index is 12.3. The molecule has 0 N–H and O–H groups in total. The highest BCUT2D eigenvalue weighted by Crippen LogP contribution is 2.37. The zero-order valence-electron chi connectivity index (χ0n) is 15.7. The third-order valence-corrected chi connectivity index (χ3v) is 3.99. The quantitative estimate of drug-likeness (QED) is 0.518. The van der Waals surface area contributed by atoms with Gasteiger partial charge in [-0.25, -0.2) is 0 Å². The summed E-state index contributed by atoms with van der Waals surface area (Å²) in [5.41, 5.74) is 2.22. The predicted octanol–water partition coefficient (Wildman–Crippen LogP) is 5.41. The van der Waals surface area contributed by atoms with Crippen LogP contribution in [0.15, 0.2) is 24.3 Å². The third-order valence-electron chi connectivity index (χ3n) is 3.99. The lowest BCUT2D eigenvalue weighted by Gasteiger charge is -2.30. The first-order valence-corrected chi connectivity index (χ1v) is 8.26. The van der Waals surface area contributed by atoms with Gasteiger partial charge in [0.1, 0.15) is 5.78 Å². The SMILES string of the molecule is CCOC(=O)C[C@H]1CCCC(=O)C1c1ccc(C)cc1.CF.CF.FF. The Bertz CT molecular complexity index is 492. The number of ether oxygens (including phenoxy) is 1. The molecule has 1 saturated carbocycles. The van der Waals surface area contributed by atoms with Crippen LogP contribution in [0.3, 0.4) is 0 Å². The average molecular weight is 380 g/mol. The van der Waals surface area contributed by atoms with E-state index in [1.54, 1.807) is 6.92 Å². The molecular formula is C19H28F4O3. The van der Waals surface area contributed by atoms with Gasteiger partial charge in [-0.15, -0.1) is 0 Å². The molecule has 1 fully saturated rings. The average Bonchev–Trinajstić information content (AvgIpc) is 2.68. The lowest BCUT2D eigenvalue weighted by molar-refractivity contribution is -0.145. The number of benzene rings is 1. The van der Waals surface area contributed by atoms with E-state index in [0.29, 0.717) is 33.8 Å². The second-order valence-electron chi connectivity index (χ2n) is 5.52. The number of carbonyl (C=O) groups is 2. The Morgan fingerprint density at radius 2 is 1.65 bits per heavy atom. The van der Waals surface area contributed by atoms with Crippen LogP contribution in [0.4, 0.5) is 17.9 Å². The molecule has 0 aromatic heterocycles. The highest BCUT2D eigenvalue weighted by atomic mass is 20.0. The van der Waals surface area contributed by atoms with Crippen molar-refractivity contribution >= 4 is 11.8 Å². The van der Waals surface area contributed by atoms with Crippen LogP contribution in [0, 0.1) is 12.8 Å². The number of halogens is 4. The monoisotopic (exact) mass is 380 g/mol. The molecule has 0 amide bonds. The van der Waals surface area contributed by atoms with E-state index >= 15 is 0 Å². The molecule has 0 saturated heterocycles. The number of aryl methyl sites for hydroxylation is 1. The van der Waals surface area contributed by atoms with Crippen molar-refractivity contribution in [3.05, 3.63) is 35.4 Å². The van der Waals surface area contributed by atoms with Gasteiger partial charge in [0.2, 0.25) is 0 Å². The summed E-state index contributed by atoms with van der Waals surface area (Å²) in [7, 11) is 1.00. The zero-order valence-corrected chi connectivity index (χ0v) is 15.7. The van der Waals surface area contributed by atoms with Gasteiger partial charge < -0.3 is 4.74 Å². The molecule has 1 aliphatic carbocycles. The fraction of sp³-hybridized carbons (Fsp3) is 0.579. The largest absolute Gasteiger partial charge is 0.466 e. The van der Waals surface area contributed by atoms with Crippen molar-refractivity contribution in [2.45, 2.75) is 45.4 Å². The summed E-state index contributed by atoms with van der Waals surface area (Å²) in [6.45, 7) is 4.23. The van der Waals surface area contributed by atoms with Crippen LogP contribution in [0.25, 0.3) is 0 Å². The van der Waals surface area contributed by atoms with Crippen LogP contribution in [-0.4, -0.2) is 32.7 Å². The zero-order chi connectivity index (χ0) is 20.5. The smallest absolute Gasteiger partial charge is 0.306 e. The number of Topliss-reactive ketones (excluding diaryl/α,β-unsaturated/α-hetero) is 1. The normalized spacial score (nSPS) is 18.1. The van der Waals surface area contributed by atoms with Crippen molar-refractivity contribution < 1.29 is 32.3 Å². The van der Waals surface area contributed by atoms with Gasteiger partial charge in [-0.3, -0.25) is 18.4 Å². The molecule has 7 heteroatoms. The van der Waals surface area contributed by atoms with Crippen LogP contribution >= 0.6 is 0 Å². The number of rotatable bonds is 4. The minimum absolute atomic E-state index is 0.0815. The standard InChI is InChI=1S/C17H22O3.2CH3F.F2/c1-3-20-16(19)11-14-5-4-6-15(18)17(14)13-9-7-12(2)8-10-13;3*1-2/h7-10,14,17H,3-6,11H2,1-2H3;2*1H3;/t14-,17?;;;/m1.../s1. The molecule has 1 unspecified atom stereocenters. The van der Waals surface area contributed by atoms with E-state index in [1.165, 1.54) is 5.56 Å². The fourth-order valence-electron chi connectivity index (χ4n) is 3.01. The van der Waals surface area contributed by atoms with Gasteiger partial charge in [0.25, 0.3) is 0 Å². The van der Waals surface area contributed by atoms with Crippen LogP contribution in [0.2, 0.25) is 0 Å². The number of hydrogen-bond donors (Lipinski definition) is 0. The Labute approximate surface area is 152 Å². The third kappa shape index (κ3) is 8.97. The number of hydrogen-bond acceptors (Lipinski definition) is 3. The van der Waals surface area contributed by atoms with Crippen LogP contribution in [-0.2, 0) is 14.3 Å². The molecule has 1 aliphatic rings. The minimum atomic E-state index is -0.190. The molecule has 0 bridgehead atoms. The van der Waals surface area contributed by atoms with Gasteiger partial charge >= 0.3 is 5.97 Å². The van der Waals surface area contributed by atoms with Crippen molar-refractivity contribution in [2.75, 3.05) is 21.0 Å². The highest BCUT2D eigenvalue weighted by Gasteiger charge is 2.34. The van der Waals surface area contributed by atoms with Gasteiger partial charge in [0, 0.05) is 27.9 Å². The van der Waals surface area contributed by atoms with Crippen LogP contribution in [0.1, 0.15) is 49.7 Å². The molecule has 0 radical (unpaired) electrons. The van der Waals surface area contributed by atoms with E-state index in [-0.39, 0.29) is 23.6 Å². The first kappa shape index (κ1) is 26.3. The van der Waals surface area contributed by atoms with E-state index in [2.05, 4.69) is 0 Å². The highest BCUT2D eigenvalue weighted by molar-refractivity contribution is 5.87. The summed E-state index contributed by atoms with van der Waals surface area (Å²) >= 11 is 0. The lowest BCUT2D eigenvalue weighted by Crippen LogP contribution is -2.28.